The van der Waals surface area contributed by atoms with E-state index in [4.69, 9.17) is 0 Å². The maximum atomic E-state index is 13.9. The van der Waals surface area contributed by atoms with Crippen molar-refractivity contribution in [3.63, 3.8) is 0 Å². The van der Waals surface area contributed by atoms with Crippen molar-refractivity contribution in [2.75, 3.05) is 24.4 Å². The third-order valence-electron chi connectivity index (χ3n) is 6.63. The topological polar surface area (TPSA) is 82.6 Å². The lowest BCUT2D eigenvalue weighted by molar-refractivity contribution is 0.0475. The highest BCUT2D eigenvalue weighted by molar-refractivity contribution is 14.1. The van der Waals surface area contributed by atoms with Crippen LogP contribution in [0.25, 0.3) is 10.9 Å². The van der Waals surface area contributed by atoms with E-state index in [1.54, 1.807) is 54.7 Å². The summed E-state index contributed by atoms with van der Waals surface area (Å²) in [6, 6.07) is 20.3. The number of pyridine rings is 1. The van der Waals surface area contributed by atoms with Crippen LogP contribution in [0.5, 0.6) is 0 Å². The number of para-hydroxylation sites is 1. The number of carbonyl (C=O) groups is 1. The normalized spacial score (nSPS) is 16.5. The van der Waals surface area contributed by atoms with Gasteiger partial charge in [-0.1, -0.05) is 24.3 Å². The molecule has 0 spiro atoms. The van der Waals surface area contributed by atoms with Gasteiger partial charge in [-0.3, -0.25) is 19.4 Å². The minimum atomic E-state index is -3.88. The largest absolute Gasteiger partial charge is 0.333 e. The summed E-state index contributed by atoms with van der Waals surface area (Å²) in [7, 11) is -3.88. The van der Waals surface area contributed by atoms with Gasteiger partial charge >= 0.3 is 0 Å². The third-order valence-corrected chi connectivity index (χ3v) is 8.92. The number of hydrogen-bond donors (Lipinski definition) is 1. The maximum absolute atomic E-state index is 13.9. The van der Waals surface area contributed by atoms with Crippen LogP contribution in [0, 0.1) is 9.39 Å². The number of rotatable bonds is 6. The Hall–Kier alpha value is -3.09. The molecule has 10 heteroatoms. The first-order chi connectivity index (χ1) is 18.2. The van der Waals surface area contributed by atoms with Gasteiger partial charge in [0, 0.05) is 58.6 Å². The van der Waals surface area contributed by atoms with E-state index in [1.165, 1.54) is 6.07 Å². The second-order valence-corrected chi connectivity index (χ2v) is 12.2. The first-order valence-electron chi connectivity index (χ1n) is 12.2. The lowest BCUT2D eigenvalue weighted by Crippen LogP contribution is -2.53. The standard InChI is InChI=1S/C28H26FIN4O3S/c1-19-17-33(18-20-7-12-25(30)24(29)16-20)14-15-34(19)28(35)22-8-10-23(11-9-22)32-38(36,37)26-6-2-4-21-5-3-13-31-27(21)26/h2-13,16,19,32H,14-15,17-18H2,1H3/t19-/m1/s1. The molecule has 4 aromatic rings. The molecular weight excluding hydrogens is 618 g/mol. The van der Waals surface area contributed by atoms with Gasteiger partial charge in [-0.15, -0.1) is 0 Å². The molecule has 0 aliphatic carbocycles. The van der Waals surface area contributed by atoms with Gasteiger partial charge < -0.3 is 4.90 Å². The zero-order valence-electron chi connectivity index (χ0n) is 20.6. The van der Waals surface area contributed by atoms with Crippen LogP contribution in [0.2, 0.25) is 0 Å². The molecule has 1 aromatic heterocycles. The Morgan fingerprint density at radius 2 is 1.84 bits per heavy atom. The molecule has 0 saturated carbocycles. The molecule has 0 bridgehead atoms. The van der Waals surface area contributed by atoms with Crippen molar-refractivity contribution >= 4 is 55.1 Å². The third kappa shape index (κ3) is 5.67. The summed E-state index contributed by atoms with van der Waals surface area (Å²) < 4.78 is 43.2. The number of aromatic nitrogens is 1. The number of piperazine rings is 1. The van der Waals surface area contributed by atoms with Crippen molar-refractivity contribution in [3.8, 4) is 0 Å². The van der Waals surface area contributed by atoms with Crippen molar-refractivity contribution in [3.05, 3.63) is 99.5 Å². The van der Waals surface area contributed by atoms with E-state index in [0.29, 0.717) is 46.5 Å². The van der Waals surface area contributed by atoms with Gasteiger partial charge in [-0.05, 0) is 83.6 Å². The monoisotopic (exact) mass is 644 g/mol. The molecule has 1 saturated heterocycles. The molecule has 1 aliphatic heterocycles. The molecule has 3 aromatic carbocycles. The van der Waals surface area contributed by atoms with Crippen LogP contribution in [0.15, 0.2) is 83.9 Å². The molecule has 1 atom stereocenters. The molecule has 38 heavy (non-hydrogen) atoms. The Balaban J connectivity index is 1.24. The van der Waals surface area contributed by atoms with Crippen LogP contribution in [-0.4, -0.2) is 54.8 Å². The zero-order valence-corrected chi connectivity index (χ0v) is 23.6. The van der Waals surface area contributed by atoms with Crippen LogP contribution in [0.4, 0.5) is 10.1 Å². The van der Waals surface area contributed by atoms with Crippen molar-refractivity contribution in [1.29, 1.82) is 0 Å². The van der Waals surface area contributed by atoms with Crippen molar-refractivity contribution in [1.82, 2.24) is 14.8 Å². The maximum Gasteiger partial charge on any atom is 0.264 e. The second kappa shape index (κ2) is 11.0. The van der Waals surface area contributed by atoms with Crippen molar-refractivity contribution < 1.29 is 17.6 Å². The molecular formula is C28H26FIN4O3S. The highest BCUT2D eigenvalue weighted by Gasteiger charge is 2.28. The highest BCUT2D eigenvalue weighted by Crippen LogP contribution is 2.24. The van der Waals surface area contributed by atoms with Crippen LogP contribution in [0.1, 0.15) is 22.8 Å². The number of carbonyl (C=O) groups excluding carboxylic acids is 1. The van der Waals surface area contributed by atoms with Crippen molar-refractivity contribution in [2.45, 2.75) is 24.4 Å². The average molecular weight is 645 g/mol. The zero-order chi connectivity index (χ0) is 26.9. The van der Waals surface area contributed by atoms with Crippen LogP contribution in [0.3, 0.4) is 0 Å². The van der Waals surface area contributed by atoms with E-state index < -0.39 is 10.0 Å². The number of hydrogen-bond acceptors (Lipinski definition) is 5. The number of nitrogens with one attached hydrogen (secondary N) is 1. The van der Waals surface area contributed by atoms with E-state index in [0.717, 1.165) is 10.9 Å². The van der Waals surface area contributed by atoms with E-state index in [1.807, 2.05) is 52.6 Å². The highest BCUT2D eigenvalue weighted by atomic mass is 127. The smallest absolute Gasteiger partial charge is 0.264 e. The number of halogens is 2. The van der Waals surface area contributed by atoms with Crippen LogP contribution in [-0.2, 0) is 16.6 Å². The fourth-order valence-electron chi connectivity index (χ4n) is 4.72. The average Bonchev–Trinajstić information content (AvgIpc) is 2.90. The number of amides is 1. The Morgan fingerprint density at radius 1 is 1.08 bits per heavy atom. The minimum absolute atomic E-state index is 0.0259. The predicted octanol–water partition coefficient (Wildman–Crippen LogP) is 5.13. The lowest BCUT2D eigenvalue weighted by atomic mass is 10.1. The summed E-state index contributed by atoms with van der Waals surface area (Å²) in [5.74, 6) is -0.324. The fraction of sp³-hybridized carbons (Fsp3) is 0.214. The molecule has 0 unspecified atom stereocenters. The molecule has 1 aliphatic rings. The Kier molecular flexibility index (Phi) is 7.64. The summed E-state index contributed by atoms with van der Waals surface area (Å²) >= 11 is 1.97. The van der Waals surface area contributed by atoms with Crippen LogP contribution < -0.4 is 4.72 Å². The summed E-state index contributed by atoms with van der Waals surface area (Å²) in [6.07, 6.45) is 1.56. The Morgan fingerprint density at radius 3 is 2.58 bits per heavy atom. The Labute approximate surface area is 234 Å². The molecule has 1 amide bonds. The number of benzene rings is 3. The number of sulfonamides is 1. The minimum Gasteiger partial charge on any atom is -0.333 e. The molecule has 5 rings (SSSR count). The second-order valence-electron chi connectivity index (χ2n) is 9.35. The van der Waals surface area contributed by atoms with E-state index in [2.05, 4.69) is 14.6 Å². The predicted molar refractivity (Wildman–Crippen MR) is 154 cm³/mol. The van der Waals surface area contributed by atoms with Gasteiger partial charge in [0.1, 0.15) is 10.7 Å². The van der Waals surface area contributed by atoms with E-state index >= 15 is 0 Å². The summed E-state index contributed by atoms with van der Waals surface area (Å²) in [5, 5.41) is 0.733. The van der Waals surface area contributed by atoms with Gasteiger partial charge in [-0.2, -0.15) is 0 Å². The molecule has 0 radical (unpaired) electrons. The quantitative estimate of drug-likeness (QED) is 0.295. The fourth-order valence-corrected chi connectivity index (χ4v) is 6.30. The number of fused-ring (bicyclic) bond motifs is 1. The molecule has 1 N–H and O–H groups in total. The van der Waals surface area contributed by atoms with Crippen molar-refractivity contribution in [2.24, 2.45) is 0 Å². The molecule has 7 nitrogen and oxygen atoms in total. The summed E-state index contributed by atoms with van der Waals surface area (Å²) in [5.41, 5.74) is 2.15. The molecule has 196 valence electrons. The first-order valence-corrected chi connectivity index (χ1v) is 14.7. The van der Waals surface area contributed by atoms with Crippen LogP contribution >= 0.6 is 22.6 Å². The van der Waals surface area contributed by atoms with Gasteiger partial charge in [-0.25, -0.2) is 12.8 Å². The number of nitrogens with zero attached hydrogens (tertiary/aromatic N) is 3. The van der Waals surface area contributed by atoms with E-state index in [-0.39, 0.29) is 22.7 Å². The van der Waals surface area contributed by atoms with Gasteiger partial charge in [0.25, 0.3) is 15.9 Å². The number of anilines is 1. The van der Waals surface area contributed by atoms with Gasteiger partial charge in [0.2, 0.25) is 0 Å². The lowest BCUT2D eigenvalue weighted by Gasteiger charge is -2.40. The summed E-state index contributed by atoms with van der Waals surface area (Å²) in [4.78, 5) is 21.6. The Bertz CT molecular complexity index is 1590. The van der Waals surface area contributed by atoms with E-state index in [9.17, 15) is 17.6 Å². The van der Waals surface area contributed by atoms with Gasteiger partial charge in [0.05, 0.1) is 5.52 Å². The summed E-state index contributed by atoms with van der Waals surface area (Å²) in [6.45, 7) is 4.53. The molecule has 2 heterocycles. The van der Waals surface area contributed by atoms with Gasteiger partial charge in [0.15, 0.2) is 0 Å². The SMILES string of the molecule is C[C@@H]1CN(Cc2ccc(I)c(F)c2)CCN1C(=O)c1ccc(NS(=O)(=O)c2cccc3cccnc23)cc1. The first kappa shape index (κ1) is 26.5. The molecule has 1 fully saturated rings.